The van der Waals surface area contributed by atoms with E-state index >= 15 is 0 Å². The summed E-state index contributed by atoms with van der Waals surface area (Å²) in [5, 5.41) is 13.2. The minimum absolute atomic E-state index is 0.189. The van der Waals surface area contributed by atoms with Crippen LogP contribution in [0.4, 0.5) is 32.0 Å². The number of nitrogens with zero attached hydrogens (tertiary/aromatic N) is 2. The molecule has 0 radical (unpaired) electrons. The van der Waals surface area contributed by atoms with Crippen molar-refractivity contribution in [3.05, 3.63) is 30.1 Å². The Labute approximate surface area is 141 Å². The van der Waals surface area contributed by atoms with Crippen molar-refractivity contribution < 1.29 is 41.0 Å². The van der Waals surface area contributed by atoms with Gasteiger partial charge in [0.1, 0.15) is 0 Å². The molecule has 0 aromatic carbocycles. The highest BCUT2D eigenvalue weighted by Gasteiger charge is 2.38. The Bertz CT molecular complexity index is 784. The number of halogens is 6. The van der Waals surface area contributed by atoms with Crippen molar-refractivity contribution in [3.8, 4) is 0 Å². The summed E-state index contributed by atoms with van der Waals surface area (Å²) in [6.45, 7) is -0.470. The number of aliphatic carboxylic acids is 1. The van der Waals surface area contributed by atoms with Crippen LogP contribution in [0.25, 0.3) is 5.52 Å². The van der Waals surface area contributed by atoms with Crippen LogP contribution in [0, 0.1) is 0 Å². The highest BCUT2D eigenvalue weighted by molar-refractivity contribution is 6.00. The number of nitrogens with two attached hydrogens (primary N) is 1. The fourth-order valence-corrected chi connectivity index (χ4v) is 1.58. The number of hydrogen-bond acceptors (Lipinski definition) is 4. The SMILES string of the molecule is Nc1ccn2ncc(C(=O)NCCC(F)(F)F)c2c1.O=C(O)C(F)(F)F. The van der Waals surface area contributed by atoms with E-state index in [1.165, 1.54) is 16.8 Å². The van der Waals surface area contributed by atoms with E-state index in [2.05, 4.69) is 10.4 Å². The third-order valence-corrected chi connectivity index (χ3v) is 2.73. The number of carbonyl (C=O) groups excluding carboxylic acids is 1. The Hall–Kier alpha value is -2.99. The van der Waals surface area contributed by atoms with Crippen molar-refractivity contribution in [3.63, 3.8) is 0 Å². The molecule has 2 aromatic rings. The second kappa shape index (κ2) is 7.93. The topological polar surface area (TPSA) is 110 Å². The summed E-state index contributed by atoms with van der Waals surface area (Å²) in [4.78, 5) is 20.6. The minimum atomic E-state index is -5.08. The first-order valence-corrected chi connectivity index (χ1v) is 6.69. The number of nitrogens with one attached hydrogen (secondary N) is 1. The number of anilines is 1. The summed E-state index contributed by atoms with van der Waals surface area (Å²) in [6.07, 6.45) is -7.59. The van der Waals surface area contributed by atoms with Gasteiger partial charge in [0.05, 0.1) is 23.7 Å². The minimum Gasteiger partial charge on any atom is -0.475 e. The Morgan fingerprint density at radius 3 is 2.31 bits per heavy atom. The number of amides is 1. The highest BCUT2D eigenvalue weighted by Crippen LogP contribution is 2.19. The number of rotatable bonds is 3. The fraction of sp³-hybridized carbons (Fsp3) is 0.308. The lowest BCUT2D eigenvalue weighted by Gasteiger charge is -2.07. The van der Waals surface area contributed by atoms with E-state index in [9.17, 15) is 31.1 Å². The van der Waals surface area contributed by atoms with E-state index in [4.69, 9.17) is 15.6 Å². The summed E-state index contributed by atoms with van der Waals surface area (Å²) in [5.74, 6) is -3.36. The zero-order chi connectivity index (χ0) is 20.1. The molecule has 0 bridgehead atoms. The molecule has 0 aliphatic heterocycles. The number of carboxylic acid groups (broad SMARTS) is 1. The molecule has 0 aliphatic carbocycles. The molecule has 1 amide bonds. The summed E-state index contributed by atoms with van der Waals surface area (Å²) >= 11 is 0. The molecule has 4 N–H and O–H groups in total. The zero-order valence-electron chi connectivity index (χ0n) is 12.7. The van der Waals surface area contributed by atoms with Gasteiger partial charge in [-0.1, -0.05) is 0 Å². The second-order valence-corrected chi connectivity index (χ2v) is 4.77. The van der Waals surface area contributed by atoms with Crippen LogP contribution in [0.15, 0.2) is 24.5 Å². The van der Waals surface area contributed by atoms with Crippen molar-refractivity contribution in [2.24, 2.45) is 0 Å². The van der Waals surface area contributed by atoms with Crippen LogP contribution >= 0.6 is 0 Å². The van der Waals surface area contributed by atoms with Crippen molar-refractivity contribution in [2.75, 3.05) is 12.3 Å². The average Bonchev–Trinajstić information content (AvgIpc) is 2.88. The summed E-state index contributed by atoms with van der Waals surface area (Å²) in [6, 6.07) is 3.14. The molecular formula is C13H12F6N4O3. The molecule has 144 valence electrons. The first-order valence-electron chi connectivity index (χ1n) is 6.69. The monoisotopic (exact) mass is 386 g/mol. The summed E-state index contributed by atoms with van der Waals surface area (Å²) < 4.78 is 69.1. The van der Waals surface area contributed by atoms with Gasteiger partial charge < -0.3 is 16.2 Å². The van der Waals surface area contributed by atoms with Crippen LogP contribution in [0.5, 0.6) is 0 Å². The van der Waals surface area contributed by atoms with Crippen LogP contribution < -0.4 is 11.1 Å². The zero-order valence-corrected chi connectivity index (χ0v) is 12.7. The van der Waals surface area contributed by atoms with Gasteiger partial charge in [-0.05, 0) is 12.1 Å². The van der Waals surface area contributed by atoms with Crippen molar-refractivity contribution >= 4 is 23.1 Å². The lowest BCUT2D eigenvalue weighted by molar-refractivity contribution is -0.192. The normalized spacial score (nSPS) is 11.6. The molecule has 0 saturated carbocycles. The summed E-state index contributed by atoms with van der Waals surface area (Å²) in [5.41, 5.74) is 6.67. The van der Waals surface area contributed by atoms with Gasteiger partial charge >= 0.3 is 18.3 Å². The van der Waals surface area contributed by atoms with E-state index in [1.807, 2.05) is 0 Å². The molecule has 2 heterocycles. The van der Waals surface area contributed by atoms with E-state index in [0.717, 1.165) is 0 Å². The lowest BCUT2D eigenvalue weighted by Crippen LogP contribution is -2.27. The number of nitrogen functional groups attached to an aromatic ring is 1. The van der Waals surface area contributed by atoms with Gasteiger partial charge in [0.15, 0.2) is 0 Å². The van der Waals surface area contributed by atoms with Gasteiger partial charge in [0.2, 0.25) is 0 Å². The van der Waals surface area contributed by atoms with Gasteiger partial charge in [-0.25, -0.2) is 9.31 Å². The highest BCUT2D eigenvalue weighted by atomic mass is 19.4. The van der Waals surface area contributed by atoms with Crippen LogP contribution in [-0.2, 0) is 4.79 Å². The van der Waals surface area contributed by atoms with Crippen molar-refractivity contribution in [1.29, 1.82) is 0 Å². The lowest BCUT2D eigenvalue weighted by atomic mass is 10.2. The molecule has 26 heavy (non-hydrogen) atoms. The quantitative estimate of drug-likeness (QED) is 0.701. The first-order chi connectivity index (χ1) is 11.8. The van der Waals surface area contributed by atoms with Crippen LogP contribution in [0.3, 0.4) is 0 Å². The number of carbonyl (C=O) groups is 2. The molecule has 0 aliphatic rings. The predicted octanol–water partition coefficient (Wildman–Crippen LogP) is 2.23. The predicted molar refractivity (Wildman–Crippen MR) is 76.3 cm³/mol. The number of carboxylic acids is 1. The van der Waals surface area contributed by atoms with E-state index in [1.54, 1.807) is 12.3 Å². The van der Waals surface area contributed by atoms with Crippen molar-refractivity contribution in [2.45, 2.75) is 18.8 Å². The van der Waals surface area contributed by atoms with Gasteiger partial charge in [0, 0.05) is 18.4 Å². The molecule has 0 spiro atoms. The largest absolute Gasteiger partial charge is 0.490 e. The fourth-order valence-electron chi connectivity index (χ4n) is 1.58. The molecule has 7 nitrogen and oxygen atoms in total. The standard InChI is InChI=1S/C11H11F3N4O.C2HF3O2/c12-11(13,14)2-3-16-10(19)8-6-17-18-4-1-7(15)5-9(8)18;3-2(4,5)1(6)7/h1,4-6H,2-3,15H2,(H,16,19);(H,6,7). The Morgan fingerprint density at radius 2 is 1.81 bits per heavy atom. The van der Waals surface area contributed by atoms with Gasteiger partial charge in [-0.15, -0.1) is 0 Å². The van der Waals surface area contributed by atoms with Gasteiger partial charge in [-0.2, -0.15) is 31.4 Å². The molecule has 2 rings (SSSR count). The molecule has 0 unspecified atom stereocenters. The maximum atomic E-state index is 12.0. The average molecular weight is 386 g/mol. The molecular weight excluding hydrogens is 374 g/mol. The van der Waals surface area contributed by atoms with E-state index in [0.29, 0.717) is 11.2 Å². The van der Waals surface area contributed by atoms with Gasteiger partial charge in [0.25, 0.3) is 5.91 Å². The smallest absolute Gasteiger partial charge is 0.475 e. The number of aromatic nitrogens is 2. The third-order valence-electron chi connectivity index (χ3n) is 2.73. The van der Waals surface area contributed by atoms with Crippen LogP contribution in [0.1, 0.15) is 16.8 Å². The van der Waals surface area contributed by atoms with Crippen LogP contribution in [-0.4, -0.2) is 45.5 Å². The maximum absolute atomic E-state index is 12.0. The number of hydrogen-bond donors (Lipinski definition) is 3. The third kappa shape index (κ3) is 6.49. The number of alkyl halides is 6. The Kier molecular flexibility index (Phi) is 6.42. The van der Waals surface area contributed by atoms with E-state index < -0.39 is 37.2 Å². The molecule has 13 heteroatoms. The Balaban J connectivity index is 0.000000412. The van der Waals surface area contributed by atoms with Gasteiger partial charge in [-0.3, -0.25) is 4.79 Å². The van der Waals surface area contributed by atoms with E-state index in [-0.39, 0.29) is 5.56 Å². The second-order valence-electron chi connectivity index (χ2n) is 4.77. The van der Waals surface area contributed by atoms with Crippen LogP contribution in [0.2, 0.25) is 0 Å². The molecule has 0 saturated heterocycles. The van der Waals surface area contributed by atoms with Crippen molar-refractivity contribution in [1.82, 2.24) is 14.9 Å². The Morgan fingerprint density at radius 1 is 1.23 bits per heavy atom. The maximum Gasteiger partial charge on any atom is 0.490 e. The molecule has 0 atom stereocenters. The number of fused-ring (bicyclic) bond motifs is 1. The first kappa shape index (κ1) is 21.1. The summed E-state index contributed by atoms with van der Waals surface area (Å²) in [7, 11) is 0. The molecule has 2 aromatic heterocycles. The number of pyridine rings is 1. The molecule has 0 fully saturated rings.